The van der Waals surface area contributed by atoms with Gasteiger partial charge in [-0.2, -0.15) is 0 Å². The molecule has 326 valence electrons. The molecular weight excluding hydrogens is 709 g/mol. The maximum Gasteiger partial charge on any atom is 0.306 e. The van der Waals surface area contributed by atoms with E-state index < -0.39 is 6.10 Å². The highest BCUT2D eigenvalue weighted by Gasteiger charge is 2.19. The van der Waals surface area contributed by atoms with Crippen LogP contribution in [0.5, 0.6) is 0 Å². The number of esters is 3. The number of rotatable bonds is 41. The molecule has 6 heteroatoms. The Hall–Kier alpha value is -3.15. The lowest BCUT2D eigenvalue weighted by molar-refractivity contribution is -0.167. The van der Waals surface area contributed by atoms with Gasteiger partial charge in [0.2, 0.25) is 0 Å². The van der Waals surface area contributed by atoms with Gasteiger partial charge >= 0.3 is 17.9 Å². The molecule has 0 aliphatic rings. The average molecular weight is 795 g/mol. The Morgan fingerprint density at radius 1 is 0.368 bits per heavy atom. The van der Waals surface area contributed by atoms with E-state index in [1.54, 1.807) is 0 Å². The molecule has 0 saturated carbocycles. The maximum absolute atomic E-state index is 12.7. The Bertz CT molecular complexity index is 1100. The van der Waals surface area contributed by atoms with Crippen LogP contribution in [-0.2, 0) is 28.6 Å². The summed E-state index contributed by atoms with van der Waals surface area (Å²) in [6, 6.07) is 0. The van der Waals surface area contributed by atoms with Gasteiger partial charge in [0.15, 0.2) is 6.10 Å². The van der Waals surface area contributed by atoms with E-state index in [2.05, 4.69) is 93.7 Å². The van der Waals surface area contributed by atoms with E-state index in [9.17, 15) is 14.4 Å². The van der Waals surface area contributed by atoms with Gasteiger partial charge in [0.25, 0.3) is 0 Å². The minimum absolute atomic E-state index is 0.0970. The zero-order valence-electron chi connectivity index (χ0n) is 37.1. The molecule has 0 bridgehead atoms. The number of carbonyl (C=O) groups excluding carboxylic acids is 3. The van der Waals surface area contributed by atoms with E-state index in [0.29, 0.717) is 19.3 Å². The Morgan fingerprint density at radius 3 is 1.12 bits per heavy atom. The van der Waals surface area contributed by atoms with E-state index >= 15 is 0 Å². The van der Waals surface area contributed by atoms with Gasteiger partial charge < -0.3 is 14.2 Å². The number of ether oxygens (including phenoxy) is 3. The first-order valence-electron chi connectivity index (χ1n) is 23.4. The van der Waals surface area contributed by atoms with E-state index in [4.69, 9.17) is 14.2 Å². The monoisotopic (exact) mass is 795 g/mol. The minimum atomic E-state index is -0.797. The van der Waals surface area contributed by atoms with Gasteiger partial charge in [-0.25, -0.2) is 0 Å². The molecule has 0 fully saturated rings. The lowest BCUT2D eigenvalue weighted by Crippen LogP contribution is -2.30. The van der Waals surface area contributed by atoms with Gasteiger partial charge in [0.05, 0.1) is 0 Å². The van der Waals surface area contributed by atoms with Crippen molar-refractivity contribution in [2.45, 2.75) is 219 Å². The SMILES string of the molecule is CC/C=C\C/C=C\C/C=C\C/C=C\CCCCC(=O)OC[C@@H](COC(=O)CCCCCCC/C=C\CCCCC)OC(=O)CCCCCCC/C=C\CCCCC. The fraction of sp³-hybridized carbons (Fsp3) is 0.706. The van der Waals surface area contributed by atoms with Crippen molar-refractivity contribution < 1.29 is 28.6 Å². The largest absolute Gasteiger partial charge is 0.462 e. The van der Waals surface area contributed by atoms with Crippen LogP contribution in [0.25, 0.3) is 0 Å². The van der Waals surface area contributed by atoms with Gasteiger partial charge in [-0.05, 0) is 109 Å². The predicted molar refractivity (Wildman–Crippen MR) is 242 cm³/mol. The highest BCUT2D eigenvalue weighted by atomic mass is 16.6. The molecule has 0 heterocycles. The van der Waals surface area contributed by atoms with Crippen molar-refractivity contribution in [1.82, 2.24) is 0 Å². The Labute approximate surface area is 351 Å². The van der Waals surface area contributed by atoms with Crippen LogP contribution in [0.2, 0.25) is 0 Å². The molecule has 0 aliphatic heterocycles. The standard InChI is InChI=1S/C51H86O6/c1-4-7-10-13-16-19-22-25-26-27-30-32-35-38-41-44-50(53)56-47-48(57-51(54)45-42-39-36-33-29-24-21-18-15-12-9-6-3)46-55-49(52)43-40-37-34-31-28-23-20-17-14-11-8-5-2/h7,10,16-21,25-26,30,32,48H,4-6,8-9,11-15,22-24,27-29,31,33-47H2,1-3H3/b10-7-,19-16-,20-17-,21-18-,26-25-,32-30-/t48-/m1/s1. The highest BCUT2D eigenvalue weighted by molar-refractivity contribution is 5.71. The third-order valence-corrected chi connectivity index (χ3v) is 9.66. The Kier molecular flexibility index (Phi) is 43.0. The van der Waals surface area contributed by atoms with Gasteiger partial charge in [-0.3, -0.25) is 14.4 Å². The summed E-state index contributed by atoms with van der Waals surface area (Å²) in [6.45, 7) is 6.40. The van der Waals surface area contributed by atoms with Crippen LogP contribution in [0.15, 0.2) is 72.9 Å². The smallest absolute Gasteiger partial charge is 0.306 e. The average Bonchev–Trinajstić information content (AvgIpc) is 3.21. The third kappa shape index (κ3) is 43.8. The van der Waals surface area contributed by atoms with Crippen LogP contribution in [0.1, 0.15) is 213 Å². The van der Waals surface area contributed by atoms with Crippen LogP contribution in [0.4, 0.5) is 0 Å². The molecule has 1 atom stereocenters. The molecule has 0 aliphatic carbocycles. The van der Waals surface area contributed by atoms with Gasteiger partial charge in [0, 0.05) is 19.3 Å². The lowest BCUT2D eigenvalue weighted by atomic mass is 10.1. The number of hydrogen-bond acceptors (Lipinski definition) is 6. The summed E-state index contributed by atoms with van der Waals surface area (Å²) < 4.78 is 16.7. The van der Waals surface area contributed by atoms with Crippen LogP contribution in [0.3, 0.4) is 0 Å². The van der Waals surface area contributed by atoms with Crippen LogP contribution in [0, 0.1) is 0 Å². The molecular formula is C51H86O6. The lowest BCUT2D eigenvalue weighted by Gasteiger charge is -2.18. The topological polar surface area (TPSA) is 78.9 Å². The molecule has 0 saturated heterocycles. The van der Waals surface area contributed by atoms with Crippen molar-refractivity contribution in [3.63, 3.8) is 0 Å². The fourth-order valence-electron chi connectivity index (χ4n) is 6.13. The second-order valence-corrected chi connectivity index (χ2v) is 15.3. The molecule has 0 amide bonds. The summed E-state index contributed by atoms with van der Waals surface area (Å²) in [5, 5.41) is 0. The molecule has 0 aromatic rings. The van der Waals surface area contributed by atoms with Gasteiger partial charge in [-0.15, -0.1) is 0 Å². The van der Waals surface area contributed by atoms with Crippen molar-refractivity contribution in [2.75, 3.05) is 13.2 Å². The normalized spacial score (nSPS) is 12.7. The molecule has 0 spiro atoms. The molecule has 0 unspecified atom stereocenters. The molecule has 0 rings (SSSR count). The second-order valence-electron chi connectivity index (χ2n) is 15.3. The van der Waals surface area contributed by atoms with Crippen molar-refractivity contribution in [3.05, 3.63) is 72.9 Å². The van der Waals surface area contributed by atoms with Crippen molar-refractivity contribution in [3.8, 4) is 0 Å². The maximum atomic E-state index is 12.7. The number of carbonyl (C=O) groups is 3. The summed E-state index contributed by atoms with van der Waals surface area (Å²) in [6.07, 6.45) is 56.0. The van der Waals surface area contributed by atoms with Gasteiger partial charge in [-0.1, -0.05) is 158 Å². The summed E-state index contributed by atoms with van der Waals surface area (Å²) in [7, 11) is 0. The quantitative estimate of drug-likeness (QED) is 0.0265. The molecule has 0 N–H and O–H groups in total. The molecule has 0 radical (unpaired) electrons. The van der Waals surface area contributed by atoms with Crippen molar-refractivity contribution in [1.29, 1.82) is 0 Å². The summed E-state index contributed by atoms with van der Waals surface area (Å²) in [5.74, 6) is -0.963. The first-order chi connectivity index (χ1) is 28.0. The molecule has 0 aromatic carbocycles. The first-order valence-corrected chi connectivity index (χ1v) is 23.4. The molecule has 57 heavy (non-hydrogen) atoms. The van der Waals surface area contributed by atoms with E-state index in [1.807, 2.05) is 0 Å². The number of unbranched alkanes of at least 4 members (excludes halogenated alkanes) is 18. The van der Waals surface area contributed by atoms with E-state index in [-0.39, 0.29) is 31.1 Å². The van der Waals surface area contributed by atoms with Crippen molar-refractivity contribution >= 4 is 17.9 Å². The predicted octanol–water partition coefficient (Wildman–Crippen LogP) is 15.1. The zero-order valence-corrected chi connectivity index (χ0v) is 37.1. The molecule has 6 nitrogen and oxygen atoms in total. The van der Waals surface area contributed by atoms with E-state index in [1.165, 1.54) is 70.6 Å². The Balaban J connectivity index is 4.48. The Morgan fingerprint density at radius 2 is 0.684 bits per heavy atom. The van der Waals surface area contributed by atoms with Crippen LogP contribution < -0.4 is 0 Å². The number of allylic oxidation sites excluding steroid dienone is 12. The van der Waals surface area contributed by atoms with Crippen LogP contribution in [-0.4, -0.2) is 37.2 Å². The van der Waals surface area contributed by atoms with Crippen molar-refractivity contribution in [2.24, 2.45) is 0 Å². The summed E-state index contributed by atoms with van der Waals surface area (Å²) in [4.78, 5) is 37.8. The first kappa shape index (κ1) is 53.9. The third-order valence-electron chi connectivity index (χ3n) is 9.66. The van der Waals surface area contributed by atoms with E-state index in [0.717, 1.165) is 103 Å². The summed E-state index contributed by atoms with van der Waals surface area (Å²) in [5.41, 5.74) is 0. The molecule has 0 aromatic heterocycles. The minimum Gasteiger partial charge on any atom is -0.462 e. The number of hydrogen-bond donors (Lipinski definition) is 0. The zero-order chi connectivity index (χ0) is 41.5. The fourth-order valence-corrected chi connectivity index (χ4v) is 6.13. The second kappa shape index (κ2) is 45.6. The summed E-state index contributed by atoms with van der Waals surface area (Å²) >= 11 is 0. The van der Waals surface area contributed by atoms with Gasteiger partial charge in [0.1, 0.15) is 13.2 Å². The highest BCUT2D eigenvalue weighted by Crippen LogP contribution is 2.12. The van der Waals surface area contributed by atoms with Crippen LogP contribution >= 0.6 is 0 Å².